The van der Waals surface area contributed by atoms with Crippen molar-refractivity contribution in [3.63, 3.8) is 0 Å². The zero-order valence-corrected chi connectivity index (χ0v) is 8.35. The van der Waals surface area contributed by atoms with Crippen LogP contribution in [0.2, 0.25) is 0 Å². The fraction of sp³-hybridized carbons (Fsp3) is 0.455. The van der Waals surface area contributed by atoms with Crippen molar-refractivity contribution in [2.75, 3.05) is 6.61 Å². The fourth-order valence-electron chi connectivity index (χ4n) is 1.30. The predicted octanol–water partition coefficient (Wildman–Crippen LogP) is 1.71. The average molecular weight is 207 g/mol. The molecule has 15 heavy (non-hydrogen) atoms. The molecule has 1 aliphatic carbocycles. The van der Waals surface area contributed by atoms with E-state index in [1.807, 2.05) is 0 Å². The summed E-state index contributed by atoms with van der Waals surface area (Å²) in [5.74, 6) is -0.214. The maximum absolute atomic E-state index is 10.7. The van der Waals surface area contributed by atoms with Crippen molar-refractivity contribution < 1.29 is 14.6 Å². The molecule has 4 nitrogen and oxygen atoms in total. The lowest BCUT2D eigenvalue weighted by Crippen LogP contribution is -2.02. The van der Waals surface area contributed by atoms with Crippen molar-refractivity contribution in [3.8, 4) is 0 Å². The van der Waals surface area contributed by atoms with E-state index in [0.717, 1.165) is 6.61 Å². The van der Waals surface area contributed by atoms with Crippen LogP contribution in [0.5, 0.6) is 0 Å². The number of pyridine rings is 1. The van der Waals surface area contributed by atoms with E-state index in [2.05, 4.69) is 4.98 Å². The minimum atomic E-state index is -0.930. The highest BCUT2D eigenvalue weighted by molar-refractivity contribution is 5.87. The van der Waals surface area contributed by atoms with Crippen LogP contribution in [-0.4, -0.2) is 22.7 Å². The van der Waals surface area contributed by atoms with Gasteiger partial charge in [0.25, 0.3) is 0 Å². The zero-order chi connectivity index (χ0) is 10.7. The number of rotatable bonds is 5. The summed E-state index contributed by atoms with van der Waals surface area (Å²) in [6, 6.07) is 3.03. The van der Waals surface area contributed by atoms with Crippen molar-refractivity contribution in [1.82, 2.24) is 4.98 Å². The molecule has 1 N–H and O–H groups in total. The van der Waals surface area contributed by atoms with Gasteiger partial charge in [0.15, 0.2) is 0 Å². The van der Waals surface area contributed by atoms with E-state index in [-0.39, 0.29) is 5.56 Å². The topological polar surface area (TPSA) is 59.4 Å². The molecule has 1 aliphatic rings. The van der Waals surface area contributed by atoms with Crippen molar-refractivity contribution >= 4 is 5.97 Å². The third-order valence-corrected chi connectivity index (χ3v) is 2.36. The van der Waals surface area contributed by atoms with Gasteiger partial charge in [-0.15, -0.1) is 0 Å². The highest BCUT2D eigenvalue weighted by Crippen LogP contribution is 2.28. The first-order chi connectivity index (χ1) is 7.25. The standard InChI is InChI=1S/C11H13NO3/c13-11(14)9-3-4-12-10(5-9)7-15-6-8-1-2-8/h3-5,8H,1-2,6-7H2,(H,13,14). The van der Waals surface area contributed by atoms with Gasteiger partial charge in [-0.1, -0.05) is 0 Å². The minimum absolute atomic E-state index is 0.259. The number of aromatic nitrogens is 1. The van der Waals surface area contributed by atoms with Crippen molar-refractivity contribution in [2.45, 2.75) is 19.4 Å². The number of hydrogen-bond acceptors (Lipinski definition) is 3. The molecule has 4 heteroatoms. The van der Waals surface area contributed by atoms with Crippen molar-refractivity contribution in [2.24, 2.45) is 5.92 Å². The van der Waals surface area contributed by atoms with E-state index >= 15 is 0 Å². The van der Waals surface area contributed by atoms with Gasteiger partial charge >= 0.3 is 5.97 Å². The average Bonchev–Trinajstić information content (AvgIpc) is 3.02. The molecule has 0 aliphatic heterocycles. The Hall–Kier alpha value is -1.42. The molecule has 0 unspecified atom stereocenters. The smallest absolute Gasteiger partial charge is 0.335 e. The summed E-state index contributed by atoms with van der Waals surface area (Å²) >= 11 is 0. The summed E-state index contributed by atoms with van der Waals surface area (Å²) < 4.78 is 5.42. The lowest BCUT2D eigenvalue weighted by Gasteiger charge is -2.03. The summed E-state index contributed by atoms with van der Waals surface area (Å²) in [6.07, 6.45) is 4.00. The number of nitrogens with zero attached hydrogens (tertiary/aromatic N) is 1. The quantitative estimate of drug-likeness (QED) is 0.798. The molecule has 0 radical (unpaired) electrons. The van der Waals surface area contributed by atoms with Crippen molar-refractivity contribution in [3.05, 3.63) is 29.6 Å². The molecule has 1 heterocycles. The molecule has 0 atom stereocenters. The molecule has 0 bridgehead atoms. The number of carbonyl (C=O) groups is 1. The number of hydrogen-bond donors (Lipinski definition) is 1. The van der Waals surface area contributed by atoms with E-state index in [4.69, 9.17) is 9.84 Å². The van der Waals surface area contributed by atoms with E-state index in [9.17, 15) is 4.79 Å². The van der Waals surface area contributed by atoms with Crippen LogP contribution in [0.3, 0.4) is 0 Å². The Balaban J connectivity index is 1.88. The van der Waals surface area contributed by atoms with Gasteiger partial charge in [-0.25, -0.2) is 4.79 Å². The molecular formula is C11H13NO3. The fourth-order valence-corrected chi connectivity index (χ4v) is 1.30. The molecule has 0 saturated heterocycles. The molecule has 1 aromatic heterocycles. The van der Waals surface area contributed by atoms with Crippen LogP contribution in [0.15, 0.2) is 18.3 Å². The van der Waals surface area contributed by atoms with E-state index in [1.54, 1.807) is 6.07 Å². The maximum atomic E-state index is 10.7. The lowest BCUT2D eigenvalue weighted by atomic mass is 10.2. The molecule has 0 aromatic carbocycles. The largest absolute Gasteiger partial charge is 0.478 e. The second-order valence-electron chi connectivity index (χ2n) is 3.80. The van der Waals surface area contributed by atoms with Gasteiger partial charge in [0.05, 0.1) is 17.9 Å². The molecule has 80 valence electrons. The van der Waals surface area contributed by atoms with Crippen LogP contribution < -0.4 is 0 Å². The molecular weight excluding hydrogens is 194 g/mol. The normalized spacial score (nSPS) is 15.2. The minimum Gasteiger partial charge on any atom is -0.478 e. The second kappa shape index (κ2) is 4.40. The lowest BCUT2D eigenvalue weighted by molar-refractivity contribution is 0.0696. The number of ether oxygens (including phenoxy) is 1. The van der Waals surface area contributed by atoms with Crippen LogP contribution >= 0.6 is 0 Å². The first kappa shape index (κ1) is 10.1. The van der Waals surface area contributed by atoms with Gasteiger partial charge in [0, 0.05) is 12.8 Å². The van der Waals surface area contributed by atoms with Crippen molar-refractivity contribution in [1.29, 1.82) is 0 Å². The van der Waals surface area contributed by atoms with E-state index in [1.165, 1.54) is 25.1 Å². The monoisotopic (exact) mass is 207 g/mol. The van der Waals surface area contributed by atoms with Gasteiger partial charge < -0.3 is 9.84 Å². The Morgan fingerprint density at radius 3 is 3.07 bits per heavy atom. The summed E-state index contributed by atoms with van der Waals surface area (Å²) in [6.45, 7) is 1.16. The van der Waals surface area contributed by atoms with Crippen LogP contribution in [0, 0.1) is 5.92 Å². The molecule has 1 aromatic rings. The Morgan fingerprint density at radius 1 is 1.60 bits per heavy atom. The molecule has 1 saturated carbocycles. The summed E-state index contributed by atoms with van der Waals surface area (Å²) in [5.41, 5.74) is 0.936. The van der Waals surface area contributed by atoms with Crippen LogP contribution in [-0.2, 0) is 11.3 Å². The summed E-state index contributed by atoms with van der Waals surface area (Å²) in [5, 5.41) is 8.76. The Labute approximate surface area is 87.9 Å². The third kappa shape index (κ3) is 3.02. The second-order valence-corrected chi connectivity index (χ2v) is 3.80. The first-order valence-corrected chi connectivity index (χ1v) is 5.01. The molecule has 2 rings (SSSR count). The first-order valence-electron chi connectivity index (χ1n) is 5.01. The van der Waals surface area contributed by atoms with Crippen LogP contribution in [0.1, 0.15) is 28.9 Å². The predicted molar refractivity (Wildman–Crippen MR) is 53.6 cm³/mol. The number of aromatic carboxylic acids is 1. The maximum Gasteiger partial charge on any atom is 0.335 e. The molecule has 0 amide bonds. The van der Waals surface area contributed by atoms with Crippen LogP contribution in [0.25, 0.3) is 0 Å². The zero-order valence-electron chi connectivity index (χ0n) is 8.35. The van der Waals surface area contributed by atoms with Gasteiger partial charge in [-0.3, -0.25) is 4.98 Å². The number of carboxylic acids is 1. The van der Waals surface area contributed by atoms with Crippen LogP contribution in [0.4, 0.5) is 0 Å². The number of carboxylic acid groups (broad SMARTS) is 1. The Kier molecular flexibility index (Phi) is 2.97. The van der Waals surface area contributed by atoms with Gasteiger partial charge in [0.2, 0.25) is 0 Å². The summed E-state index contributed by atoms with van der Waals surface area (Å²) in [7, 11) is 0. The van der Waals surface area contributed by atoms with E-state index in [0.29, 0.717) is 18.2 Å². The van der Waals surface area contributed by atoms with Gasteiger partial charge in [-0.2, -0.15) is 0 Å². The summed E-state index contributed by atoms with van der Waals surface area (Å²) in [4.78, 5) is 14.7. The highest BCUT2D eigenvalue weighted by Gasteiger charge is 2.21. The van der Waals surface area contributed by atoms with Gasteiger partial charge in [0.1, 0.15) is 0 Å². The third-order valence-electron chi connectivity index (χ3n) is 2.36. The van der Waals surface area contributed by atoms with E-state index < -0.39 is 5.97 Å². The Bertz CT molecular complexity index is 361. The molecule has 0 spiro atoms. The highest BCUT2D eigenvalue weighted by atomic mass is 16.5. The SMILES string of the molecule is O=C(O)c1ccnc(COCC2CC2)c1. The molecule has 1 fully saturated rings. The Morgan fingerprint density at radius 2 is 2.40 bits per heavy atom. The van der Waals surface area contributed by atoms with Gasteiger partial charge in [-0.05, 0) is 30.9 Å².